The number of carbonyl (C=O) groups is 2. The Balaban J connectivity index is 1.85. The summed E-state index contributed by atoms with van der Waals surface area (Å²) in [6, 6.07) is 15.1. The molecular weight excluding hydrogens is 328 g/mol. The van der Waals surface area contributed by atoms with Gasteiger partial charge in [-0.25, -0.2) is 8.42 Å². The molecule has 2 aromatic carbocycles. The molecule has 0 fully saturated rings. The van der Waals surface area contributed by atoms with Crippen LogP contribution in [0.15, 0.2) is 54.6 Å². The minimum atomic E-state index is -3.33. The lowest BCUT2D eigenvalue weighted by Gasteiger charge is -2.07. The van der Waals surface area contributed by atoms with Gasteiger partial charge in [0.2, 0.25) is 15.9 Å². The quantitative estimate of drug-likeness (QED) is 0.754. The fourth-order valence-electron chi connectivity index (χ4n) is 2.05. The molecule has 0 unspecified atom stereocenters. The van der Waals surface area contributed by atoms with E-state index in [0.29, 0.717) is 16.9 Å². The van der Waals surface area contributed by atoms with Crippen molar-refractivity contribution in [1.82, 2.24) is 0 Å². The second-order valence-electron chi connectivity index (χ2n) is 5.29. The summed E-state index contributed by atoms with van der Waals surface area (Å²) >= 11 is 0. The summed E-state index contributed by atoms with van der Waals surface area (Å²) in [6.45, 7) is 0. The molecular formula is C17H18N2O4S. The Bertz CT molecular complexity index is 815. The highest BCUT2D eigenvalue weighted by atomic mass is 32.2. The molecule has 6 nitrogen and oxygen atoms in total. The fraction of sp³-hybridized carbons (Fsp3) is 0.176. The molecule has 24 heavy (non-hydrogen) atoms. The van der Waals surface area contributed by atoms with Crippen LogP contribution in [0.4, 0.5) is 11.4 Å². The van der Waals surface area contributed by atoms with E-state index in [2.05, 4.69) is 10.0 Å². The molecule has 1 amide bonds. The van der Waals surface area contributed by atoms with E-state index in [0.717, 1.165) is 6.26 Å². The summed E-state index contributed by atoms with van der Waals surface area (Å²) < 4.78 is 24.6. The van der Waals surface area contributed by atoms with Crippen LogP contribution in [0, 0.1) is 0 Å². The minimum Gasteiger partial charge on any atom is -0.326 e. The van der Waals surface area contributed by atoms with Crippen molar-refractivity contribution >= 4 is 33.1 Å². The van der Waals surface area contributed by atoms with E-state index < -0.39 is 10.0 Å². The van der Waals surface area contributed by atoms with Gasteiger partial charge in [-0.1, -0.05) is 30.3 Å². The molecule has 0 saturated carbocycles. The van der Waals surface area contributed by atoms with Crippen molar-refractivity contribution < 1.29 is 18.0 Å². The third-order valence-electron chi connectivity index (χ3n) is 3.15. The SMILES string of the molecule is CS(=O)(=O)Nc1ccc(NC(=O)CCC(=O)c2ccccc2)cc1. The van der Waals surface area contributed by atoms with Crippen LogP contribution >= 0.6 is 0 Å². The van der Waals surface area contributed by atoms with Gasteiger partial charge in [0.15, 0.2) is 5.78 Å². The molecule has 2 aromatic rings. The number of benzene rings is 2. The molecule has 0 aliphatic carbocycles. The third kappa shape index (κ3) is 5.85. The van der Waals surface area contributed by atoms with Gasteiger partial charge in [0.25, 0.3) is 0 Å². The second-order valence-corrected chi connectivity index (χ2v) is 7.04. The Morgan fingerprint density at radius 3 is 2.04 bits per heavy atom. The van der Waals surface area contributed by atoms with Gasteiger partial charge in [-0.05, 0) is 24.3 Å². The molecule has 0 bridgehead atoms. The predicted molar refractivity (Wildman–Crippen MR) is 93.5 cm³/mol. The van der Waals surface area contributed by atoms with E-state index in [1.165, 1.54) is 0 Å². The topological polar surface area (TPSA) is 92.3 Å². The Hall–Kier alpha value is -2.67. The number of Topliss-reactive ketones (excluding diaryl/α,β-unsaturated/α-hetero) is 1. The van der Waals surface area contributed by atoms with Gasteiger partial charge in [0, 0.05) is 29.8 Å². The van der Waals surface area contributed by atoms with Crippen LogP contribution in [0.3, 0.4) is 0 Å². The standard InChI is InChI=1S/C17H18N2O4S/c1-24(22,23)19-15-9-7-14(8-10-15)18-17(21)12-11-16(20)13-5-3-2-4-6-13/h2-10,19H,11-12H2,1H3,(H,18,21). The van der Waals surface area contributed by atoms with Crippen LogP contribution in [-0.4, -0.2) is 26.4 Å². The fourth-order valence-corrected chi connectivity index (χ4v) is 2.62. The van der Waals surface area contributed by atoms with E-state index in [1.807, 2.05) is 6.07 Å². The normalized spacial score (nSPS) is 10.9. The molecule has 7 heteroatoms. The minimum absolute atomic E-state index is 0.0804. The van der Waals surface area contributed by atoms with Crippen molar-refractivity contribution in [1.29, 1.82) is 0 Å². The molecule has 0 atom stereocenters. The first kappa shape index (κ1) is 17.7. The van der Waals surface area contributed by atoms with Crippen molar-refractivity contribution in [2.24, 2.45) is 0 Å². The molecule has 0 saturated heterocycles. The van der Waals surface area contributed by atoms with Gasteiger partial charge >= 0.3 is 0 Å². The largest absolute Gasteiger partial charge is 0.326 e. The highest BCUT2D eigenvalue weighted by Gasteiger charge is 2.09. The Morgan fingerprint density at radius 1 is 0.875 bits per heavy atom. The molecule has 2 rings (SSSR count). The lowest BCUT2D eigenvalue weighted by molar-refractivity contribution is -0.116. The molecule has 0 aromatic heterocycles. The average Bonchev–Trinajstić information content (AvgIpc) is 2.54. The number of hydrogen-bond donors (Lipinski definition) is 2. The number of carbonyl (C=O) groups excluding carboxylic acids is 2. The van der Waals surface area contributed by atoms with Crippen molar-refractivity contribution in [2.45, 2.75) is 12.8 Å². The number of hydrogen-bond acceptors (Lipinski definition) is 4. The van der Waals surface area contributed by atoms with Crippen LogP contribution in [0.1, 0.15) is 23.2 Å². The molecule has 0 spiro atoms. The first-order valence-electron chi connectivity index (χ1n) is 7.29. The Kier molecular flexibility index (Phi) is 5.70. The maximum Gasteiger partial charge on any atom is 0.229 e. The van der Waals surface area contributed by atoms with Crippen molar-refractivity contribution in [3.8, 4) is 0 Å². The van der Waals surface area contributed by atoms with Crippen LogP contribution in [-0.2, 0) is 14.8 Å². The average molecular weight is 346 g/mol. The lowest BCUT2D eigenvalue weighted by Crippen LogP contribution is -2.14. The van der Waals surface area contributed by atoms with Gasteiger partial charge in [0.05, 0.1) is 6.26 Å². The van der Waals surface area contributed by atoms with Crippen molar-refractivity contribution in [2.75, 3.05) is 16.3 Å². The van der Waals surface area contributed by atoms with Crippen LogP contribution in [0.25, 0.3) is 0 Å². The second kappa shape index (κ2) is 7.74. The number of anilines is 2. The maximum absolute atomic E-state index is 11.9. The van der Waals surface area contributed by atoms with Gasteiger partial charge in [-0.3, -0.25) is 14.3 Å². The molecule has 126 valence electrons. The summed E-state index contributed by atoms with van der Waals surface area (Å²) in [5.74, 6) is -0.360. The zero-order valence-corrected chi connectivity index (χ0v) is 14.0. The first-order chi connectivity index (χ1) is 11.3. The number of amides is 1. The third-order valence-corrected chi connectivity index (χ3v) is 3.75. The smallest absolute Gasteiger partial charge is 0.229 e. The monoisotopic (exact) mass is 346 g/mol. The van der Waals surface area contributed by atoms with Crippen molar-refractivity contribution in [3.05, 3.63) is 60.2 Å². The van der Waals surface area contributed by atoms with E-state index in [-0.39, 0.29) is 24.5 Å². The van der Waals surface area contributed by atoms with Gasteiger partial charge in [-0.2, -0.15) is 0 Å². The van der Waals surface area contributed by atoms with E-state index in [4.69, 9.17) is 0 Å². The maximum atomic E-state index is 11.9. The van der Waals surface area contributed by atoms with Crippen LogP contribution in [0.2, 0.25) is 0 Å². The van der Waals surface area contributed by atoms with Gasteiger partial charge < -0.3 is 5.32 Å². The van der Waals surface area contributed by atoms with Gasteiger partial charge in [-0.15, -0.1) is 0 Å². The predicted octanol–water partition coefficient (Wildman–Crippen LogP) is 2.66. The van der Waals surface area contributed by atoms with Gasteiger partial charge in [0.1, 0.15) is 0 Å². The van der Waals surface area contributed by atoms with Crippen molar-refractivity contribution in [3.63, 3.8) is 0 Å². The summed E-state index contributed by atoms with van der Waals surface area (Å²) in [5, 5.41) is 2.67. The Labute approximate surface area is 140 Å². The molecule has 0 aliphatic heterocycles. The number of ketones is 1. The Morgan fingerprint density at radius 2 is 1.46 bits per heavy atom. The summed E-state index contributed by atoms with van der Waals surface area (Å²) in [6.07, 6.45) is 1.27. The lowest BCUT2D eigenvalue weighted by atomic mass is 10.1. The van der Waals surface area contributed by atoms with Crippen LogP contribution in [0.5, 0.6) is 0 Å². The van der Waals surface area contributed by atoms with E-state index >= 15 is 0 Å². The summed E-state index contributed by atoms with van der Waals surface area (Å²) in [7, 11) is -3.33. The summed E-state index contributed by atoms with van der Waals surface area (Å²) in [4.78, 5) is 23.8. The highest BCUT2D eigenvalue weighted by Crippen LogP contribution is 2.15. The van der Waals surface area contributed by atoms with Crippen LogP contribution < -0.4 is 10.0 Å². The van der Waals surface area contributed by atoms with E-state index in [1.54, 1.807) is 48.5 Å². The van der Waals surface area contributed by atoms with E-state index in [9.17, 15) is 18.0 Å². The molecule has 0 aliphatic rings. The molecule has 0 heterocycles. The zero-order chi connectivity index (χ0) is 17.6. The molecule has 2 N–H and O–H groups in total. The number of rotatable bonds is 7. The molecule has 0 radical (unpaired) electrons. The highest BCUT2D eigenvalue weighted by molar-refractivity contribution is 7.92. The summed E-state index contributed by atoms with van der Waals surface area (Å²) in [5.41, 5.74) is 1.53. The zero-order valence-electron chi connectivity index (χ0n) is 13.2. The first-order valence-corrected chi connectivity index (χ1v) is 9.18. The number of sulfonamides is 1. The number of nitrogens with one attached hydrogen (secondary N) is 2.